The molecule has 4 aromatic rings. The zero-order valence-electron chi connectivity index (χ0n) is 18.9. The van der Waals surface area contributed by atoms with E-state index in [0.29, 0.717) is 17.4 Å². The number of H-pyrrole nitrogens is 1. The molecule has 0 unspecified atom stereocenters. The van der Waals surface area contributed by atoms with Crippen LogP contribution in [0.4, 0.5) is 0 Å². The third-order valence-electron chi connectivity index (χ3n) is 6.68. The number of aromatic amines is 1. The monoisotopic (exact) mass is 434 g/mol. The first kappa shape index (κ1) is 20.8. The fourth-order valence-electron chi connectivity index (χ4n) is 5.03. The number of imidazole rings is 1. The van der Waals surface area contributed by atoms with Crippen molar-refractivity contribution in [2.45, 2.75) is 58.0 Å². The topological polar surface area (TPSA) is 89.2 Å². The van der Waals surface area contributed by atoms with Crippen LogP contribution in [0.1, 0.15) is 50.6 Å². The Labute approximate surface area is 186 Å². The Balaban J connectivity index is 1.50. The minimum Gasteiger partial charge on any atom is -0.493 e. The van der Waals surface area contributed by atoms with Crippen LogP contribution in [0.5, 0.6) is 5.75 Å². The molecule has 1 saturated carbocycles. The van der Waals surface area contributed by atoms with Crippen LogP contribution in [-0.2, 0) is 0 Å². The van der Waals surface area contributed by atoms with Crippen LogP contribution in [0.15, 0.2) is 35.5 Å². The van der Waals surface area contributed by atoms with Crippen molar-refractivity contribution in [3.05, 3.63) is 46.8 Å². The van der Waals surface area contributed by atoms with Crippen molar-refractivity contribution in [3.8, 4) is 16.9 Å². The Hall–Kier alpha value is -3.13. The van der Waals surface area contributed by atoms with E-state index in [1.54, 1.807) is 11.6 Å². The standard InChI is InChI=1S/C24H30N6O2/c1-4-9-25-17-5-7-18(8-6-17)30-21-10-15(2)19(12-20(21)28-24(30)31)16-11-22(32-3)23-26-14-27-29(23)13-16/h10-14,17-18,25H,4-9H2,1-3H3,(H,28,31)/t17-,18+. The number of hydrogen-bond donors (Lipinski definition) is 2. The highest BCUT2D eigenvalue weighted by atomic mass is 16.5. The molecule has 0 spiro atoms. The van der Waals surface area contributed by atoms with E-state index in [9.17, 15) is 4.79 Å². The van der Waals surface area contributed by atoms with Crippen LogP contribution in [0.2, 0.25) is 0 Å². The molecule has 3 aromatic heterocycles. The zero-order valence-corrected chi connectivity index (χ0v) is 18.9. The smallest absolute Gasteiger partial charge is 0.326 e. The quantitative estimate of drug-likeness (QED) is 0.481. The number of methoxy groups -OCH3 is 1. The second kappa shape index (κ2) is 8.43. The third kappa shape index (κ3) is 3.58. The maximum absolute atomic E-state index is 12.9. The van der Waals surface area contributed by atoms with Gasteiger partial charge in [0.05, 0.1) is 18.1 Å². The van der Waals surface area contributed by atoms with E-state index in [1.807, 2.05) is 16.8 Å². The van der Waals surface area contributed by atoms with Gasteiger partial charge in [-0.05, 0) is 74.9 Å². The first-order valence-corrected chi connectivity index (χ1v) is 11.4. The molecule has 0 radical (unpaired) electrons. The summed E-state index contributed by atoms with van der Waals surface area (Å²) in [6.07, 6.45) is 8.88. The van der Waals surface area contributed by atoms with Crippen LogP contribution in [0.3, 0.4) is 0 Å². The Bertz CT molecular complexity index is 1310. The summed E-state index contributed by atoms with van der Waals surface area (Å²) in [5.41, 5.74) is 5.60. The lowest BCUT2D eigenvalue weighted by Crippen LogP contribution is -2.35. The van der Waals surface area contributed by atoms with Crippen LogP contribution in [-0.4, -0.2) is 43.8 Å². The number of hydrogen-bond acceptors (Lipinski definition) is 5. The second-order valence-corrected chi connectivity index (χ2v) is 8.77. The van der Waals surface area contributed by atoms with Gasteiger partial charge in [0.25, 0.3) is 0 Å². The van der Waals surface area contributed by atoms with Gasteiger partial charge in [0.2, 0.25) is 0 Å². The molecular formula is C24H30N6O2. The van der Waals surface area contributed by atoms with Crippen LogP contribution < -0.4 is 15.7 Å². The molecule has 8 nitrogen and oxygen atoms in total. The molecule has 168 valence electrons. The van der Waals surface area contributed by atoms with E-state index >= 15 is 0 Å². The maximum Gasteiger partial charge on any atom is 0.326 e. The Morgan fingerprint density at radius 3 is 2.78 bits per heavy atom. The molecule has 0 amide bonds. The highest BCUT2D eigenvalue weighted by Crippen LogP contribution is 2.34. The summed E-state index contributed by atoms with van der Waals surface area (Å²) in [5.74, 6) is 0.666. The molecule has 3 heterocycles. The number of pyridine rings is 1. The van der Waals surface area contributed by atoms with Gasteiger partial charge in [-0.15, -0.1) is 0 Å². The predicted octanol–water partition coefficient (Wildman–Crippen LogP) is 3.84. The molecule has 0 bridgehead atoms. The molecule has 1 fully saturated rings. The first-order valence-electron chi connectivity index (χ1n) is 11.4. The van der Waals surface area contributed by atoms with Gasteiger partial charge >= 0.3 is 5.69 Å². The van der Waals surface area contributed by atoms with Gasteiger partial charge in [0.15, 0.2) is 11.4 Å². The lowest BCUT2D eigenvalue weighted by Gasteiger charge is -2.30. The number of benzene rings is 1. The zero-order chi connectivity index (χ0) is 22.2. The summed E-state index contributed by atoms with van der Waals surface area (Å²) < 4.78 is 9.22. The Morgan fingerprint density at radius 2 is 2.03 bits per heavy atom. The predicted molar refractivity (Wildman–Crippen MR) is 125 cm³/mol. The molecule has 5 rings (SSSR count). The molecule has 0 atom stereocenters. The summed E-state index contributed by atoms with van der Waals surface area (Å²) in [7, 11) is 1.63. The molecule has 0 aliphatic heterocycles. The van der Waals surface area contributed by atoms with Gasteiger partial charge in [-0.2, -0.15) is 5.10 Å². The average molecular weight is 435 g/mol. The normalized spacial score (nSPS) is 19.1. The van der Waals surface area contributed by atoms with Crippen LogP contribution in [0, 0.1) is 6.92 Å². The second-order valence-electron chi connectivity index (χ2n) is 8.77. The first-order chi connectivity index (χ1) is 15.6. The van der Waals surface area contributed by atoms with Crippen molar-refractivity contribution in [1.29, 1.82) is 0 Å². The SMILES string of the molecule is CCCN[C@H]1CC[C@@H](n2c(=O)[nH]c3cc(-c4cc(OC)c5ncnn5c4)c(C)cc32)CC1. The van der Waals surface area contributed by atoms with Crippen molar-refractivity contribution >= 4 is 16.7 Å². The van der Waals surface area contributed by atoms with Gasteiger partial charge in [0, 0.05) is 23.8 Å². The van der Waals surface area contributed by atoms with Gasteiger partial charge < -0.3 is 15.0 Å². The number of rotatable bonds is 6. The van der Waals surface area contributed by atoms with Gasteiger partial charge in [-0.3, -0.25) is 4.57 Å². The van der Waals surface area contributed by atoms with Crippen molar-refractivity contribution in [2.75, 3.05) is 13.7 Å². The lowest BCUT2D eigenvalue weighted by molar-refractivity contribution is 0.292. The molecule has 1 aromatic carbocycles. The maximum atomic E-state index is 12.9. The Kier molecular flexibility index (Phi) is 5.46. The number of nitrogens with zero attached hydrogens (tertiary/aromatic N) is 4. The van der Waals surface area contributed by atoms with E-state index < -0.39 is 0 Å². The van der Waals surface area contributed by atoms with E-state index in [1.165, 1.54) is 6.33 Å². The summed E-state index contributed by atoms with van der Waals surface area (Å²) in [6, 6.07) is 6.98. The van der Waals surface area contributed by atoms with Gasteiger partial charge in [-0.1, -0.05) is 6.92 Å². The highest BCUT2D eigenvalue weighted by Gasteiger charge is 2.25. The highest BCUT2D eigenvalue weighted by molar-refractivity contribution is 5.85. The number of nitrogens with one attached hydrogen (secondary N) is 2. The fourth-order valence-corrected chi connectivity index (χ4v) is 5.03. The number of ether oxygens (including phenoxy) is 1. The van der Waals surface area contributed by atoms with Gasteiger partial charge in [-0.25, -0.2) is 14.3 Å². The summed E-state index contributed by atoms with van der Waals surface area (Å²) in [4.78, 5) is 20.3. The molecule has 32 heavy (non-hydrogen) atoms. The summed E-state index contributed by atoms with van der Waals surface area (Å²) >= 11 is 0. The van der Waals surface area contributed by atoms with Crippen molar-refractivity contribution < 1.29 is 4.74 Å². The molecular weight excluding hydrogens is 404 g/mol. The largest absolute Gasteiger partial charge is 0.493 e. The van der Waals surface area contributed by atoms with Crippen LogP contribution in [0.25, 0.3) is 27.8 Å². The molecule has 1 aliphatic carbocycles. The number of aromatic nitrogens is 5. The lowest BCUT2D eigenvalue weighted by atomic mass is 9.90. The van der Waals surface area contributed by atoms with E-state index in [2.05, 4.69) is 46.4 Å². The fraction of sp³-hybridized carbons (Fsp3) is 0.458. The molecule has 0 saturated heterocycles. The average Bonchev–Trinajstić information content (AvgIpc) is 3.40. The minimum atomic E-state index is -0.0224. The van der Waals surface area contributed by atoms with E-state index in [-0.39, 0.29) is 11.7 Å². The number of fused-ring (bicyclic) bond motifs is 2. The Morgan fingerprint density at radius 1 is 1.22 bits per heavy atom. The molecule has 2 N–H and O–H groups in total. The third-order valence-corrected chi connectivity index (χ3v) is 6.68. The van der Waals surface area contributed by atoms with Crippen molar-refractivity contribution in [3.63, 3.8) is 0 Å². The molecule has 1 aliphatic rings. The molecule has 8 heteroatoms. The number of aryl methyl sites for hydroxylation is 1. The summed E-state index contributed by atoms with van der Waals surface area (Å²) in [6.45, 7) is 5.34. The van der Waals surface area contributed by atoms with E-state index in [4.69, 9.17) is 4.74 Å². The van der Waals surface area contributed by atoms with Crippen LogP contribution >= 0.6 is 0 Å². The van der Waals surface area contributed by atoms with Gasteiger partial charge in [0.1, 0.15) is 6.33 Å². The minimum absolute atomic E-state index is 0.0224. The van der Waals surface area contributed by atoms with Crippen molar-refractivity contribution in [2.24, 2.45) is 0 Å². The van der Waals surface area contributed by atoms with Crippen molar-refractivity contribution in [1.82, 2.24) is 29.5 Å². The summed E-state index contributed by atoms with van der Waals surface area (Å²) in [5, 5.41) is 7.89. The van der Waals surface area contributed by atoms with E-state index in [0.717, 1.165) is 66.4 Å².